The molecule has 2 atom stereocenters. The number of nitrogens with zero attached hydrogens (tertiary/aromatic N) is 1. The summed E-state index contributed by atoms with van der Waals surface area (Å²) in [6, 6.07) is 9.95. The molecule has 1 saturated heterocycles. The molecular weight excluding hydrogens is 381 g/mol. The van der Waals surface area contributed by atoms with Crippen molar-refractivity contribution in [3.8, 4) is 0 Å². The third kappa shape index (κ3) is 5.83. The number of benzene rings is 1. The maximum atomic E-state index is 12.5. The van der Waals surface area contributed by atoms with Crippen molar-refractivity contribution in [3.63, 3.8) is 0 Å². The minimum absolute atomic E-state index is 0. The zero-order chi connectivity index (χ0) is 17.2. The Balaban J connectivity index is 0.00000131. The van der Waals surface area contributed by atoms with E-state index in [0.29, 0.717) is 24.0 Å². The number of carbonyl (C=O) groups is 1. The van der Waals surface area contributed by atoms with E-state index < -0.39 is 0 Å². The largest absolute Gasteiger partial charge is 0.349 e. The lowest BCUT2D eigenvalue weighted by atomic mass is 10.0. The van der Waals surface area contributed by atoms with Gasteiger partial charge in [0.2, 0.25) is 0 Å². The lowest BCUT2D eigenvalue weighted by Crippen LogP contribution is -2.42. The van der Waals surface area contributed by atoms with Crippen LogP contribution in [0.15, 0.2) is 24.3 Å². The molecule has 27 heavy (non-hydrogen) atoms. The molecule has 2 unspecified atom stereocenters. The highest BCUT2D eigenvalue weighted by Gasteiger charge is 2.39. The summed E-state index contributed by atoms with van der Waals surface area (Å²) in [5, 5.41) is 7.05. The normalized spacial score (nSPS) is 26.1. The van der Waals surface area contributed by atoms with E-state index in [1.807, 2.05) is 12.1 Å². The van der Waals surface area contributed by atoms with Crippen molar-refractivity contribution in [1.29, 1.82) is 0 Å². The standard InChI is InChI=1S/C21H31N3O.2ClH/c1-24-11-9-18(10-12-24)22-20-14-19(20)15-5-4-6-16(13-15)21(25)23-17-7-2-3-8-17;;/h4-6,13,17-20,22H,2-3,7-12,14H2,1H3,(H,23,25);2*1H. The molecule has 0 spiro atoms. The van der Waals surface area contributed by atoms with E-state index in [4.69, 9.17) is 0 Å². The van der Waals surface area contributed by atoms with E-state index in [0.717, 1.165) is 18.4 Å². The van der Waals surface area contributed by atoms with Gasteiger partial charge in [-0.25, -0.2) is 0 Å². The summed E-state index contributed by atoms with van der Waals surface area (Å²) in [7, 11) is 2.21. The number of carbonyl (C=O) groups excluding carboxylic acids is 1. The second-order valence-corrected chi connectivity index (χ2v) is 8.27. The van der Waals surface area contributed by atoms with E-state index in [1.165, 1.54) is 50.8 Å². The number of hydrogen-bond acceptors (Lipinski definition) is 3. The Bertz CT molecular complexity index is 613. The molecule has 1 aliphatic heterocycles. The molecule has 3 fully saturated rings. The van der Waals surface area contributed by atoms with Gasteiger partial charge in [0, 0.05) is 29.6 Å². The number of halogens is 2. The zero-order valence-electron chi connectivity index (χ0n) is 16.2. The van der Waals surface area contributed by atoms with Crippen molar-refractivity contribution < 1.29 is 4.79 Å². The Morgan fingerprint density at radius 2 is 1.74 bits per heavy atom. The number of amides is 1. The summed E-state index contributed by atoms with van der Waals surface area (Å²) in [6.45, 7) is 2.40. The molecule has 0 bridgehead atoms. The Hall–Kier alpha value is -0.810. The van der Waals surface area contributed by atoms with Crippen LogP contribution in [0.5, 0.6) is 0 Å². The molecule has 4 nitrogen and oxygen atoms in total. The third-order valence-corrected chi connectivity index (χ3v) is 6.23. The second kappa shape index (κ2) is 10.1. The number of nitrogens with one attached hydrogen (secondary N) is 2. The molecular formula is C21H33Cl2N3O. The minimum Gasteiger partial charge on any atom is -0.349 e. The maximum absolute atomic E-state index is 12.5. The van der Waals surface area contributed by atoms with Crippen LogP contribution in [0, 0.1) is 0 Å². The molecule has 4 rings (SSSR count). The van der Waals surface area contributed by atoms with Crippen LogP contribution in [0.2, 0.25) is 0 Å². The van der Waals surface area contributed by atoms with Crippen LogP contribution in [0.1, 0.15) is 66.8 Å². The summed E-state index contributed by atoms with van der Waals surface area (Å²) in [4.78, 5) is 14.9. The third-order valence-electron chi connectivity index (χ3n) is 6.23. The molecule has 1 aromatic rings. The highest BCUT2D eigenvalue weighted by atomic mass is 35.5. The highest BCUT2D eigenvalue weighted by Crippen LogP contribution is 2.41. The van der Waals surface area contributed by atoms with Crippen molar-refractivity contribution in [2.24, 2.45) is 0 Å². The van der Waals surface area contributed by atoms with E-state index in [1.54, 1.807) is 0 Å². The molecule has 0 radical (unpaired) electrons. The quantitative estimate of drug-likeness (QED) is 0.772. The maximum Gasteiger partial charge on any atom is 0.251 e. The van der Waals surface area contributed by atoms with Gasteiger partial charge in [0.05, 0.1) is 0 Å². The van der Waals surface area contributed by atoms with Crippen molar-refractivity contribution in [3.05, 3.63) is 35.4 Å². The van der Waals surface area contributed by atoms with Gasteiger partial charge in [-0.05, 0) is 69.9 Å². The average molecular weight is 414 g/mol. The van der Waals surface area contributed by atoms with Crippen LogP contribution in [0.3, 0.4) is 0 Å². The molecule has 1 aromatic carbocycles. The van der Waals surface area contributed by atoms with Gasteiger partial charge < -0.3 is 15.5 Å². The van der Waals surface area contributed by atoms with Crippen LogP contribution >= 0.6 is 24.8 Å². The summed E-state index contributed by atoms with van der Waals surface area (Å²) < 4.78 is 0. The predicted molar refractivity (Wildman–Crippen MR) is 115 cm³/mol. The Morgan fingerprint density at radius 3 is 2.44 bits per heavy atom. The molecule has 2 aliphatic carbocycles. The first-order valence-electron chi connectivity index (χ1n) is 10.0. The number of rotatable bonds is 5. The Kier molecular flexibility index (Phi) is 8.41. The van der Waals surface area contributed by atoms with Crippen molar-refractivity contribution in [2.45, 2.75) is 69.0 Å². The fourth-order valence-electron chi connectivity index (χ4n) is 4.48. The van der Waals surface area contributed by atoms with Gasteiger partial charge in [0.15, 0.2) is 0 Å². The van der Waals surface area contributed by atoms with Gasteiger partial charge in [0.25, 0.3) is 5.91 Å². The lowest BCUT2D eigenvalue weighted by molar-refractivity contribution is 0.0938. The Labute approximate surface area is 175 Å². The fourth-order valence-corrected chi connectivity index (χ4v) is 4.48. The van der Waals surface area contributed by atoms with Crippen LogP contribution in [0.25, 0.3) is 0 Å². The lowest BCUT2D eigenvalue weighted by Gasteiger charge is -2.29. The van der Waals surface area contributed by atoms with E-state index >= 15 is 0 Å². The van der Waals surface area contributed by atoms with Gasteiger partial charge in [-0.3, -0.25) is 4.79 Å². The highest BCUT2D eigenvalue weighted by molar-refractivity contribution is 5.94. The molecule has 3 aliphatic rings. The monoisotopic (exact) mass is 413 g/mol. The van der Waals surface area contributed by atoms with Crippen LogP contribution in [-0.4, -0.2) is 49.1 Å². The SMILES string of the molecule is CN1CCC(NC2CC2c2cccc(C(=O)NC3CCCC3)c2)CC1.Cl.Cl. The van der Waals surface area contributed by atoms with Crippen molar-refractivity contribution in [2.75, 3.05) is 20.1 Å². The zero-order valence-corrected chi connectivity index (χ0v) is 17.8. The molecule has 152 valence electrons. The van der Waals surface area contributed by atoms with Gasteiger partial charge in [-0.15, -0.1) is 24.8 Å². The van der Waals surface area contributed by atoms with Gasteiger partial charge >= 0.3 is 0 Å². The van der Waals surface area contributed by atoms with Gasteiger partial charge in [0.1, 0.15) is 0 Å². The summed E-state index contributed by atoms with van der Waals surface area (Å²) in [5.74, 6) is 0.688. The fraction of sp³-hybridized carbons (Fsp3) is 0.667. The van der Waals surface area contributed by atoms with Crippen LogP contribution in [-0.2, 0) is 0 Å². The van der Waals surface area contributed by atoms with E-state index in [9.17, 15) is 4.79 Å². The molecule has 6 heteroatoms. The minimum atomic E-state index is 0. The summed E-state index contributed by atoms with van der Waals surface area (Å²) >= 11 is 0. The first kappa shape index (κ1) is 22.5. The molecule has 0 aromatic heterocycles. The predicted octanol–water partition coefficient (Wildman–Crippen LogP) is 3.74. The number of likely N-dealkylation sites (tertiary alicyclic amines) is 1. The van der Waals surface area contributed by atoms with Gasteiger partial charge in [-0.2, -0.15) is 0 Å². The van der Waals surface area contributed by atoms with Crippen molar-refractivity contribution in [1.82, 2.24) is 15.5 Å². The summed E-state index contributed by atoms with van der Waals surface area (Å²) in [6.07, 6.45) is 8.48. The first-order chi connectivity index (χ1) is 12.2. The topological polar surface area (TPSA) is 44.4 Å². The number of hydrogen-bond donors (Lipinski definition) is 2. The molecule has 1 amide bonds. The summed E-state index contributed by atoms with van der Waals surface area (Å²) in [5.41, 5.74) is 2.15. The molecule has 2 N–H and O–H groups in total. The smallest absolute Gasteiger partial charge is 0.251 e. The van der Waals surface area contributed by atoms with Gasteiger partial charge in [-0.1, -0.05) is 25.0 Å². The molecule has 2 saturated carbocycles. The van der Waals surface area contributed by atoms with Crippen LogP contribution in [0.4, 0.5) is 0 Å². The van der Waals surface area contributed by atoms with E-state index in [2.05, 4.69) is 34.7 Å². The molecule has 1 heterocycles. The van der Waals surface area contributed by atoms with Crippen molar-refractivity contribution >= 4 is 30.7 Å². The second-order valence-electron chi connectivity index (χ2n) is 8.27. The van der Waals surface area contributed by atoms with Crippen LogP contribution < -0.4 is 10.6 Å². The van der Waals surface area contributed by atoms with E-state index in [-0.39, 0.29) is 30.7 Å². The average Bonchev–Trinajstić information content (AvgIpc) is 3.20. The Morgan fingerprint density at radius 1 is 1.04 bits per heavy atom. The first-order valence-corrected chi connectivity index (χ1v) is 10.0. The number of piperidine rings is 1.